The van der Waals surface area contributed by atoms with E-state index in [1.54, 1.807) is 13.1 Å². The summed E-state index contributed by atoms with van der Waals surface area (Å²) in [5, 5.41) is 10.3. The number of hydrogen-bond donors (Lipinski definition) is 1. The van der Waals surface area contributed by atoms with E-state index in [1.165, 1.54) is 0 Å². The van der Waals surface area contributed by atoms with Gasteiger partial charge in [-0.1, -0.05) is 0 Å². The van der Waals surface area contributed by atoms with Crippen LogP contribution in [0.15, 0.2) is 24.5 Å². The molecule has 0 amide bonds. The third kappa shape index (κ3) is 2.60. The van der Waals surface area contributed by atoms with Crippen molar-refractivity contribution in [2.75, 3.05) is 6.61 Å². The van der Waals surface area contributed by atoms with Crippen molar-refractivity contribution in [1.29, 1.82) is 0 Å². The van der Waals surface area contributed by atoms with Crippen molar-refractivity contribution >= 4 is 45.5 Å². The maximum Gasteiger partial charge on any atom is 0.353 e. The standard InChI is InChI=1S/C13H10IN3O3S/c1-2-20-13(19)10-11(18)16-12(21-10)8-5-15-9-4-3-7(14)6-17(8)9/h3-6,18H,2H2,1H3. The number of imidazole rings is 1. The van der Waals surface area contributed by atoms with E-state index >= 15 is 0 Å². The largest absolute Gasteiger partial charge is 0.492 e. The average Bonchev–Trinajstić information content (AvgIpc) is 3.02. The first-order valence-corrected chi connectivity index (χ1v) is 7.99. The van der Waals surface area contributed by atoms with Gasteiger partial charge in [0, 0.05) is 9.77 Å². The summed E-state index contributed by atoms with van der Waals surface area (Å²) in [7, 11) is 0. The lowest BCUT2D eigenvalue weighted by molar-refractivity contribution is 0.0528. The lowest BCUT2D eigenvalue weighted by Crippen LogP contribution is -2.02. The van der Waals surface area contributed by atoms with Crippen molar-refractivity contribution in [3.63, 3.8) is 0 Å². The van der Waals surface area contributed by atoms with Crippen molar-refractivity contribution in [2.24, 2.45) is 0 Å². The Morgan fingerprint density at radius 1 is 1.52 bits per heavy atom. The molecule has 0 bridgehead atoms. The Balaban J connectivity index is 2.09. The fraction of sp³-hybridized carbons (Fsp3) is 0.154. The van der Waals surface area contributed by atoms with Gasteiger partial charge >= 0.3 is 5.97 Å². The summed E-state index contributed by atoms with van der Waals surface area (Å²) in [6.45, 7) is 1.96. The first-order chi connectivity index (χ1) is 10.1. The first-order valence-electron chi connectivity index (χ1n) is 6.10. The molecule has 0 spiro atoms. The number of halogens is 1. The Kier molecular flexibility index (Phi) is 3.81. The maximum atomic E-state index is 11.7. The zero-order chi connectivity index (χ0) is 15.0. The second-order valence-corrected chi connectivity index (χ2v) is 6.36. The van der Waals surface area contributed by atoms with Crippen LogP contribution in [0.25, 0.3) is 16.3 Å². The van der Waals surface area contributed by atoms with Crippen LogP contribution < -0.4 is 0 Å². The molecule has 0 unspecified atom stereocenters. The average molecular weight is 415 g/mol. The van der Waals surface area contributed by atoms with E-state index < -0.39 is 5.97 Å². The molecule has 0 saturated carbocycles. The van der Waals surface area contributed by atoms with Gasteiger partial charge in [0.1, 0.15) is 16.3 Å². The highest BCUT2D eigenvalue weighted by Crippen LogP contribution is 2.32. The summed E-state index contributed by atoms with van der Waals surface area (Å²) in [6, 6.07) is 3.85. The monoisotopic (exact) mass is 415 g/mol. The van der Waals surface area contributed by atoms with Crippen molar-refractivity contribution in [3.8, 4) is 16.6 Å². The van der Waals surface area contributed by atoms with Gasteiger partial charge in [-0.05, 0) is 41.6 Å². The Morgan fingerprint density at radius 3 is 3.10 bits per heavy atom. The topological polar surface area (TPSA) is 76.7 Å². The predicted octanol–water partition coefficient (Wildman–Crippen LogP) is 2.94. The Labute approximate surface area is 137 Å². The molecule has 1 N–H and O–H groups in total. The van der Waals surface area contributed by atoms with Gasteiger partial charge < -0.3 is 9.84 Å². The molecule has 0 saturated heterocycles. The molecule has 3 aromatic heterocycles. The lowest BCUT2D eigenvalue weighted by Gasteiger charge is -1.98. The van der Waals surface area contributed by atoms with Gasteiger partial charge in [-0.2, -0.15) is 4.98 Å². The highest BCUT2D eigenvalue weighted by molar-refractivity contribution is 14.1. The number of carbonyl (C=O) groups excluding carboxylic acids is 1. The number of nitrogens with zero attached hydrogens (tertiary/aromatic N) is 3. The molecule has 8 heteroatoms. The van der Waals surface area contributed by atoms with Gasteiger partial charge in [0.15, 0.2) is 4.88 Å². The van der Waals surface area contributed by atoms with E-state index in [0.29, 0.717) is 5.01 Å². The molecule has 21 heavy (non-hydrogen) atoms. The number of hydrogen-bond acceptors (Lipinski definition) is 6. The summed E-state index contributed by atoms with van der Waals surface area (Å²) in [6.07, 6.45) is 3.58. The van der Waals surface area contributed by atoms with E-state index in [2.05, 4.69) is 32.6 Å². The smallest absolute Gasteiger partial charge is 0.353 e. The minimum atomic E-state index is -0.567. The summed E-state index contributed by atoms with van der Waals surface area (Å²) in [4.78, 5) is 20.2. The third-order valence-corrected chi connectivity index (χ3v) is 4.44. The van der Waals surface area contributed by atoms with Crippen LogP contribution in [-0.2, 0) is 4.74 Å². The van der Waals surface area contributed by atoms with E-state index in [0.717, 1.165) is 26.2 Å². The van der Waals surface area contributed by atoms with Crippen LogP contribution in [0.3, 0.4) is 0 Å². The van der Waals surface area contributed by atoms with Crippen LogP contribution in [-0.4, -0.2) is 32.1 Å². The molecule has 0 fully saturated rings. The van der Waals surface area contributed by atoms with Crippen LogP contribution >= 0.6 is 33.9 Å². The molecule has 3 heterocycles. The van der Waals surface area contributed by atoms with Crippen LogP contribution in [0.4, 0.5) is 0 Å². The van der Waals surface area contributed by atoms with Gasteiger partial charge in [0.2, 0.25) is 5.88 Å². The number of carbonyl (C=O) groups is 1. The lowest BCUT2D eigenvalue weighted by atomic mass is 10.4. The Bertz CT molecular complexity index is 827. The first kappa shape index (κ1) is 14.3. The summed E-state index contributed by atoms with van der Waals surface area (Å²) in [5.41, 5.74) is 1.50. The fourth-order valence-electron chi connectivity index (χ4n) is 1.86. The minimum absolute atomic E-state index is 0.104. The van der Waals surface area contributed by atoms with E-state index in [9.17, 15) is 9.90 Å². The molecule has 6 nitrogen and oxygen atoms in total. The molecule has 3 aromatic rings. The normalized spacial score (nSPS) is 11.0. The summed E-state index contributed by atoms with van der Waals surface area (Å²) < 4.78 is 7.81. The fourth-order valence-corrected chi connectivity index (χ4v) is 3.18. The zero-order valence-electron chi connectivity index (χ0n) is 10.9. The second-order valence-electron chi connectivity index (χ2n) is 4.11. The highest BCUT2D eigenvalue weighted by Gasteiger charge is 2.21. The van der Waals surface area contributed by atoms with Crippen molar-refractivity contribution < 1.29 is 14.6 Å². The highest BCUT2D eigenvalue weighted by atomic mass is 127. The molecule has 0 aliphatic rings. The number of aromatic nitrogens is 3. The van der Waals surface area contributed by atoms with Crippen molar-refractivity contribution in [2.45, 2.75) is 6.92 Å². The minimum Gasteiger partial charge on any atom is -0.492 e. The van der Waals surface area contributed by atoms with Gasteiger partial charge in [-0.25, -0.2) is 9.78 Å². The second kappa shape index (κ2) is 5.60. The molecule has 0 radical (unpaired) electrons. The number of pyridine rings is 1. The summed E-state index contributed by atoms with van der Waals surface area (Å²) in [5.74, 6) is -0.879. The molecular weight excluding hydrogens is 405 g/mol. The zero-order valence-corrected chi connectivity index (χ0v) is 13.9. The van der Waals surface area contributed by atoms with E-state index in [1.807, 2.05) is 22.7 Å². The van der Waals surface area contributed by atoms with E-state index in [-0.39, 0.29) is 17.4 Å². The third-order valence-electron chi connectivity index (χ3n) is 2.76. The molecule has 0 aliphatic carbocycles. The van der Waals surface area contributed by atoms with Crippen LogP contribution in [0.1, 0.15) is 16.6 Å². The van der Waals surface area contributed by atoms with Crippen molar-refractivity contribution in [3.05, 3.63) is 33.0 Å². The number of thiazole rings is 1. The van der Waals surface area contributed by atoms with Crippen LogP contribution in [0, 0.1) is 3.57 Å². The Hall–Kier alpha value is -1.68. The van der Waals surface area contributed by atoms with Gasteiger partial charge in [0.05, 0.1) is 12.8 Å². The SMILES string of the molecule is CCOC(=O)c1sc(-c2cnc3ccc(I)cn23)nc1O. The molecule has 108 valence electrons. The van der Waals surface area contributed by atoms with Gasteiger partial charge in [0.25, 0.3) is 0 Å². The van der Waals surface area contributed by atoms with Gasteiger partial charge in [-0.15, -0.1) is 11.3 Å². The van der Waals surface area contributed by atoms with Crippen molar-refractivity contribution in [1.82, 2.24) is 14.4 Å². The summed E-state index contributed by atoms with van der Waals surface area (Å²) >= 11 is 3.29. The van der Waals surface area contributed by atoms with Crippen LogP contribution in [0.5, 0.6) is 5.88 Å². The number of fused-ring (bicyclic) bond motifs is 1. The molecule has 3 rings (SSSR count). The maximum absolute atomic E-state index is 11.7. The number of esters is 1. The number of ether oxygens (including phenoxy) is 1. The van der Waals surface area contributed by atoms with E-state index in [4.69, 9.17) is 4.74 Å². The van der Waals surface area contributed by atoms with Gasteiger partial charge in [-0.3, -0.25) is 4.40 Å². The predicted molar refractivity (Wildman–Crippen MR) is 86.6 cm³/mol. The Morgan fingerprint density at radius 2 is 2.33 bits per heavy atom. The van der Waals surface area contributed by atoms with Crippen LogP contribution in [0.2, 0.25) is 0 Å². The molecular formula is C13H10IN3O3S. The molecule has 0 atom stereocenters. The molecule has 0 aliphatic heterocycles. The number of aromatic hydroxyl groups is 1. The quantitative estimate of drug-likeness (QED) is 0.526. The molecule has 0 aromatic carbocycles. The number of rotatable bonds is 3.